The number of aromatic nitrogens is 2. The van der Waals surface area contributed by atoms with Gasteiger partial charge in [-0.25, -0.2) is 9.78 Å². The molecular formula is C12H8N4O3S. The topological polar surface area (TPSA) is 105 Å². The molecule has 1 amide bonds. The minimum atomic E-state index is -0.736. The third-order valence-electron chi connectivity index (χ3n) is 2.15. The maximum Gasteiger partial charge on any atom is 0.359 e. The Morgan fingerprint density at radius 2 is 2.30 bits per heavy atom. The highest BCUT2D eigenvalue weighted by atomic mass is 32.1. The summed E-state index contributed by atoms with van der Waals surface area (Å²) in [5.41, 5.74) is 0.387. The van der Waals surface area contributed by atoms with Gasteiger partial charge in [-0.2, -0.15) is 5.26 Å². The molecule has 0 aromatic carbocycles. The molecular weight excluding hydrogens is 280 g/mol. The van der Waals surface area contributed by atoms with E-state index < -0.39 is 18.5 Å². The van der Waals surface area contributed by atoms with Crippen molar-refractivity contribution in [1.82, 2.24) is 9.97 Å². The minimum Gasteiger partial charge on any atom is -0.451 e. The van der Waals surface area contributed by atoms with Gasteiger partial charge in [0.1, 0.15) is 11.1 Å². The van der Waals surface area contributed by atoms with Crippen LogP contribution in [0.1, 0.15) is 16.1 Å². The van der Waals surface area contributed by atoms with Gasteiger partial charge < -0.3 is 10.1 Å². The first-order valence-electron chi connectivity index (χ1n) is 5.41. The Kier molecular flexibility index (Phi) is 4.36. The van der Waals surface area contributed by atoms with Crippen LogP contribution in [0, 0.1) is 11.3 Å². The summed E-state index contributed by atoms with van der Waals surface area (Å²) in [4.78, 5) is 30.6. The van der Waals surface area contributed by atoms with Crippen LogP contribution >= 0.6 is 11.3 Å². The molecule has 7 nitrogen and oxygen atoms in total. The first-order valence-corrected chi connectivity index (χ1v) is 6.29. The fourth-order valence-electron chi connectivity index (χ4n) is 1.27. The number of anilines is 1. The summed E-state index contributed by atoms with van der Waals surface area (Å²) < 4.78 is 4.78. The van der Waals surface area contributed by atoms with Crippen LogP contribution in [0.15, 0.2) is 30.0 Å². The average Bonchev–Trinajstić information content (AvgIpc) is 2.92. The van der Waals surface area contributed by atoms with Gasteiger partial charge in [-0.05, 0) is 11.4 Å². The quantitative estimate of drug-likeness (QED) is 0.848. The Morgan fingerprint density at radius 3 is 3.00 bits per heavy atom. The Bertz CT molecular complexity index is 663. The lowest BCUT2D eigenvalue weighted by atomic mass is 10.3. The molecule has 2 aromatic heterocycles. The van der Waals surface area contributed by atoms with Crippen molar-refractivity contribution in [2.45, 2.75) is 0 Å². The van der Waals surface area contributed by atoms with E-state index in [4.69, 9.17) is 10.00 Å². The monoisotopic (exact) mass is 288 g/mol. The molecule has 2 aromatic rings. The summed E-state index contributed by atoms with van der Waals surface area (Å²) in [6.45, 7) is -0.460. The molecule has 0 bridgehead atoms. The number of ether oxygens (including phenoxy) is 1. The number of nitrogens with one attached hydrogen (secondary N) is 1. The van der Waals surface area contributed by atoms with Gasteiger partial charge in [0.15, 0.2) is 12.3 Å². The van der Waals surface area contributed by atoms with Crippen LogP contribution < -0.4 is 5.32 Å². The Morgan fingerprint density at radius 1 is 1.45 bits per heavy atom. The Hall–Kier alpha value is -2.79. The fourth-order valence-corrected chi connectivity index (χ4v) is 2.02. The molecule has 0 unspecified atom stereocenters. The molecule has 0 saturated heterocycles. The Labute approximate surface area is 117 Å². The number of carbonyl (C=O) groups excluding carboxylic acids is 2. The predicted octanol–water partition coefficient (Wildman–Crippen LogP) is 1.21. The van der Waals surface area contributed by atoms with Gasteiger partial charge in [0.2, 0.25) is 0 Å². The number of esters is 1. The molecule has 0 spiro atoms. The summed E-state index contributed by atoms with van der Waals surface area (Å²) in [5, 5.41) is 13.4. The van der Waals surface area contributed by atoms with Crippen LogP contribution in [0.4, 0.5) is 5.00 Å². The molecule has 0 saturated carbocycles. The van der Waals surface area contributed by atoms with Crippen LogP contribution in [0.5, 0.6) is 0 Å². The molecule has 1 N–H and O–H groups in total. The van der Waals surface area contributed by atoms with Crippen molar-refractivity contribution in [3.05, 3.63) is 41.3 Å². The van der Waals surface area contributed by atoms with E-state index in [0.717, 1.165) is 0 Å². The standard InChI is InChI=1S/C12H8N4O3S/c13-5-8-1-4-20-11(8)16-10(17)7-19-12(18)9-6-14-2-3-15-9/h1-4,6H,7H2,(H,16,17). The van der Waals surface area contributed by atoms with Crippen molar-refractivity contribution in [3.8, 4) is 6.07 Å². The zero-order valence-corrected chi connectivity index (χ0v) is 10.9. The fraction of sp³-hybridized carbons (Fsp3) is 0.0833. The van der Waals surface area contributed by atoms with E-state index in [1.807, 2.05) is 6.07 Å². The molecule has 2 rings (SSSR count). The molecule has 0 fully saturated rings. The molecule has 2 heterocycles. The van der Waals surface area contributed by atoms with Crippen molar-refractivity contribution in [2.24, 2.45) is 0 Å². The van der Waals surface area contributed by atoms with E-state index in [1.54, 1.807) is 11.4 Å². The van der Waals surface area contributed by atoms with E-state index in [2.05, 4.69) is 15.3 Å². The summed E-state index contributed by atoms with van der Waals surface area (Å²) in [6.07, 6.45) is 4.01. The number of thiophene rings is 1. The van der Waals surface area contributed by atoms with Crippen molar-refractivity contribution < 1.29 is 14.3 Å². The van der Waals surface area contributed by atoms with Crippen LogP contribution in [-0.2, 0) is 9.53 Å². The van der Waals surface area contributed by atoms with Crippen molar-refractivity contribution >= 4 is 28.2 Å². The number of hydrogen-bond acceptors (Lipinski definition) is 7. The van der Waals surface area contributed by atoms with Gasteiger partial charge in [-0.1, -0.05) is 0 Å². The SMILES string of the molecule is N#Cc1ccsc1NC(=O)COC(=O)c1cnccn1. The normalized spacial score (nSPS) is 9.55. The van der Waals surface area contributed by atoms with Crippen LogP contribution in [0.25, 0.3) is 0 Å². The molecule has 20 heavy (non-hydrogen) atoms. The molecule has 100 valence electrons. The zero-order chi connectivity index (χ0) is 14.4. The minimum absolute atomic E-state index is 0.0223. The van der Waals surface area contributed by atoms with Crippen LogP contribution in [-0.4, -0.2) is 28.5 Å². The van der Waals surface area contributed by atoms with E-state index in [1.165, 1.54) is 29.9 Å². The molecule has 0 aliphatic rings. The second-order valence-electron chi connectivity index (χ2n) is 3.49. The highest BCUT2D eigenvalue weighted by Crippen LogP contribution is 2.21. The predicted molar refractivity (Wildman–Crippen MR) is 70.0 cm³/mol. The highest BCUT2D eigenvalue weighted by molar-refractivity contribution is 7.14. The summed E-state index contributed by atoms with van der Waals surface area (Å²) in [5.74, 6) is -1.26. The van der Waals surface area contributed by atoms with Crippen molar-refractivity contribution in [2.75, 3.05) is 11.9 Å². The summed E-state index contributed by atoms with van der Waals surface area (Å²) in [6, 6.07) is 3.53. The Balaban J connectivity index is 1.87. The first kappa shape index (κ1) is 13.6. The molecule has 0 aliphatic carbocycles. The number of carbonyl (C=O) groups is 2. The highest BCUT2D eigenvalue weighted by Gasteiger charge is 2.13. The average molecular weight is 288 g/mol. The summed E-state index contributed by atoms with van der Waals surface area (Å²) >= 11 is 1.22. The van der Waals surface area contributed by atoms with Gasteiger partial charge >= 0.3 is 5.97 Å². The third-order valence-corrected chi connectivity index (χ3v) is 2.98. The molecule has 0 radical (unpaired) electrons. The maximum atomic E-state index is 11.6. The lowest BCUT2D eigenvalue weighted by Gasteiger charge is -2.04. The van der Waals surface area contributed by atoms with Gasteiger partial charge in [0, 0.05) is 12.4 Å². The van der Waals surface area contributed by atoms with E-state index in [0.29, 0.717) is 10.6 Å². The van der Waals surface area contributed by atoms with Crippen molar-refractivity contribution in [1.29, 1.82) is 5.26 Å². The largest absolute Gasteiger partial charge is 0.451 e. The van der Waals surface area contributed by atoms with E-state index in [-0.39, 0.29) is 5.69 Å². The first-order chi connectivity index (χ1) is 9.70. The number of rotatable bonds is 4. The van der Waals surface area contributed by atoms with Crippen LogP contribution in [0.2, 0.25) is 0 Å². The molecule has 0 atom stereocenters. The number of nitrogens with zero attached hydrogens (tertiary/aromatic N) is 3. The zero-order valence-electron chi connectivity index (χ0n) is 10.1. The van der Waals surface area contributed by atoms with E-state index in [9.17, 15) is 9.59 Å². The second kappa shape index (κ2) is 6.40. The number of nitriles is 1. The lowest BCUT2D eigenvalue weighted by molar-refractivity contribution is -0.119. The number of amides is 1. The second-order valence-corrected chi connectivity index (χ2v) is 4.41. The third kappa shape index (κ3) is 3.37. The lowest BCUT2D eigenvalue weighted by Crippen LogP contribution is -2.21. The van der Waals surface area contributed by atoms with Gasteiger partial charge in [0.05, 0.1) is 11.8 Å². The summed E-state index contributed by atoms with van der Waals surface area (Å²) in [7, 11) is 0. The molecule has 8 heteroatoms. The van der Waals surface area contributed by atoms with E-state index >= 15 is 0 Å². The van der Waals surface area contributed by atoms with Gasteiger partial charge in [-0.3, -0.25) is 9.78 Å². The maximum absolute atomic E-state index is 11.6. The van der Waals surface area contributed by atoms with Crippen LogP contribution in [0.3, 0.4) is 0 Å². The van der Waals surface area contributed by atoms with Gasteiger partial charge in [0.25, 0.3) is 5.91 Å². The smallest absolute Gasteiger partial charge is 0.359 e. The van der Waals surface area contributed by atoms with Crippen molar-refractivity contribution in [3.63, 3.8) is 0 Å². The number of hydrogen-bond donors (Lipinski definition) is 1. The molecule has 0 aliphatic heterocycles. The van der Waals surface area contributed by atoms with Gasteiger partial charge in [-0.15, -0.1) is 11.3 Å².